The average molecular weight is 208 g/mol. The molecule has 0 aromatic carbocycles. The van der Waals surface area contributed by atoms with Crippen molar-refractivity contribution in [2.24, 2.45) is 0 Å². The van der Waals surface area contributed by atoms with E-state index in [1.54, 1.807) is 0 Å². The molecule has 1 unspecified atom stereocenters. The molecule has 0 aliphatic carbocycles. The van der Waals surface area contributed by atoms with Gasteiger partial charge in [-0.1, -0.05) is 6.92 Å². The standard InChI is InChI=1S/C8H20N2O2S/c1-4-8(2)9-6-5-7-10-13(3,11)12/h8-10H,4-7H2,1-3H3. The Bertz CT molecular complexity index is 214. The monoisotopic (exact) mass is 208 g/mol. The van der Waals surface area contributed by atoms with Gasteiger partial charge in [0, 0.05) is 12.6 Å². The molecule has 0 saturated heterocycles. The predicted molar refractivity (Wildman–Crippen MR) is 55.2 cm³/mol. The Morgan fingerprint density at radius 3 is 2.38 bits per heavy atom. The maximum absolute atomic E-state index is 10.7. The van der Waals surface area contributed by atoms with Crippen LogP contribution >= 0.6 is 0 Å². The van der Waals surface area contributed by atoms with Crippen molar-refractivity contribution in [2.75, 3.05) is 19.3 Å². The quantitative estimate of drug-likeness (QED) is 0.592. The van der Waals surface area contributed by atoms with Crippen molar-refractivity contribution in [1.29, 1.82) is 0 Å². The molecule has 0 fully saturated rings. The van der Waals surface area contributed by atoms with E-state index in [1.165, 1.54) is 6.26 Å². The number of nitrogens with one attached hydrogen (secondary N) is 2. The summed E-state index contributed by atoms with van der Waals surface area (Å²) in [5, 5.41) is 3.28. The summed E-state index contributed by atoms with van der Waals surface area (Å²) in [4.78, 5) is 0. The maximum atomic E-state index is 10.7. The first-order chi connectivity index (χ1) is 5.95. The summed E-state index contributed by atoms with van der Waals surface area (Å²) < 4.78 is 23.8. The summed E-state index contributed by atoms with van der Waals surface area (Å²) in [5.74, 6) is 0. The van der Waals surface area contributed by atoms with Crippen LogP contribution in [0, 0.1) is 0 Å². The fraction of sp³-hybridized carbons (Fsp3) is 1.00. The highest BCUT2D eigenvalue weighted by Gasteiger charge is 1.99. The molecule has 0 aromatic heterocycles. The topological polar surface area (TPSA) is 58.2 Å². The highest BCUT2D eigenvalue weighted by molar-refractivity contribution is 7.88. The van der Waals surface area contributed by atoms with Crippen molar-refractivity contribution < 1.29 is 8.42 Å². The van der Waals surface area contributed by atoms with Crippen LogP contribution in [0.25, 0.3) is 0 Å². The Hall–Kier alpha value is -0.130. The molecule has 2 N–H and O–H groups in total. The number of rotatable bonds is 7. The molecule has 0 spiro atoms. The SMILES string of the molecule is CCC(C)NCCCNS(C)(=O)=O. The zero-order valence-corrected chi connectivity index (χ0v) is 9.45. The van der Waals surface area contributed by atoms with Gasteiger partial charge in [-0.3, -0.25) is 0 Å². The molecular weight excluding hydrogens is 188 g/mol. The van der Waals surface area contributed by atoms with Crippen LogP contribution in [0.4, 0.5) is 0 Å². The molecule has 0 amide bonds. The van der Waals surface area contributed by atoms with Gasteiger partial charge in [-0.25, -0.2) is 13.1 Å². The molecule has 80 valence electrons. The van der Waals surface area contributed by atoms with Gasteiger partial charge in [0.1, 0.15) is 0 Å². The van der Waals surface area contributed by atoms with E-state index < -0.39 is 10.0 Å². The van der Waals surface area contributed by atoms with Crippen LogP contribution in [-0.4, -0.2) is 33.8 Å². The predicted octanol–water partition coefficient (Wildman–Crippen LogP) is 0.314. The van der Waals surface area contributed by atoms with Gasteiger partial charge in [-0.05, 0) is 26.3 Å². The first-order valence-electron chi connectivity index (χ1n) is 4.63. The molecule has 0 heterocycles. The number of sulfonamides is 1. The zero-order valence-electron chi connectivity index (χ0n) is 8.63. The molecule has 0 aliphatic rings. The van der Waals surface area contributed by atoms with Crippen LogP contribution in [0.15, 0.2) is 0 Å². The number of hydrogen-bond acceptors (Lipinski definition) is 3. The summed E-state index contributed by atoms with van der Waals surface area (Å²) in [5.41, 5.74) is 0. The summed E-state index contributed by atoms with van der Waals surface area (Å²) >= 11 is 0. The van der Waals surface area contributed by atoms with Gasteiger partial charge in [0.05, 0.1) is 6.26 Å². The van der Waals surface area contributed by atoms with Crippen molar-refractivity contribution in [2.45, 2.75) is 32.7 Å². The van der Waals surface area contributed by atoms with Crippen molar-refractivity contribution in [3.63, 3.8) is 0 Å². The van der Waals surface area contributed by atoms with Crippen LogP contribution in [-0.2, 0) is 10.0 Å². The van der Waals surface area contributed by atoms with Gasteiger partial charge in [-0.15, -0.1) is 0 Å². The third-order valence-electron chi connectivity index (χ3n) is 1.82. The van der Waals surface area contributed by atoms with Crippen molar-refractivity contribution in [3.8, 4) is 0 Å². The highest BCUT2D eigenvalue weighted by Crippen LogP contribution is 1.87. The Kier molecular flexibility index (Phi) is 6.28. The Balaban J connectivity index is 3.27. The Morgan fingerprint density at radius 1 is 1.31 bits per heavy atom. The summed E-state index contributed by atoms with van der Waals surface area (Å²) in [6, 6.07) is 0.512. The lowest BCUT2D eigenvalue weighted by Crippen LogP contribution is -2.30. The third kappa shape index (κ3) is 9.79. The highest BCUT2D eigenvalue weighted by atomic mass is 32.2. The van der Waals surface area contributed by atoms with Crippen molar-refractivity contribution >= 4 is 10.0 Å². The summed E-state index contributed by atoms with van der Waals surface area (Å²) in [6.07, 6.45) is 3.10. The van der Waals surface area contributed by atoms with Crippen LogP contribution in [0.3, 0.4) is 0 Å². The Morgan fingerprint density at radius 2 is 1.92 bits per heavy atom. The fourth-order valence-corrected chi connectivity index (χ4v) is 1.35. The molecule has 4 nitrogen and oxygen atoms in total. The van der Waals surface area contributed by atoms with Crippen LogP contribution < -0.4 is 10.0 Å². The minimum absolute atomic E-state index is 0.512. The second kappa shape index (κ2) is 6.34. The second-order valence-corrected chi connectivity index (χ2v) is 5.12. The van der Waals surface area contributed by atoms with Gasteiger partial charge in [0.2, 0.25) is 10.0 Å². The Labute approximate surface area is 81.2 Å². The zero-order chi connectivity index (χ0) is 10.3. The molecule has 0 radical (unpaired) electrons. The van der Waals surface area contributed by atoms with Gasteiger partial charge >= 0.3 is 0 Å². The molecule has 0 saturated carbocycles. The van der Waals surface area contributed by atoms with Crippen LogP contribution in [0.1, 0.15) is 26.7 Å². The van der Waals surface area contributed by atoms with E-state index >= 15 is 0 Å². The molecule has 0 aromatic rings. The average Bonchev–Trinajstić information content (AvgIpc) is 2.01. The first kappa shape index (κ1) is 12.9. The fourth-order valence-electron chi connectivity index (χ4n) is 0.839. The third-order valence-corrected chi connectivity index (χ3v) is 2.55. The molecule has 13 heavy (non-hydrogen) atoms. The summed E-state index contributed by atoms with van der Waals surface area (Å²) in [6.45, 7) is 5.61. The molecule has 1 atom stereocenters. The molecule has 0 rings (SSSR count). The lowest BCUT2D eigenvalue weighted by molar-refractivity contribution is 0.520. The largest absolute Gasteiger partial charge is 0.314 e. The second-order valence-electron chi connectivity index (χ2n) is 3.28. The lowest BCUT2D eigenvalue weighted by Gasteiger charge is -2.10. The van der Waals surface area contributed by atoms with E-state index in [0.29, 0.717) is 12.6 Å². The number of hydrogen-bond donors (Lipinski definition) is 2. The van der Waals surface area contributed by atoms with Crippen LogP contribution in [0.2, 0.25) is 0 Å². The smallest absolute Gasteiger partial charge is 0.208 e. The molecule has 5 heteroatoms. The first-order valence-corrected chi connectivity index (χ1v) is 6.53. The minimum Gasteiger partial charge on any atom is -0.314 e. The van der Waals surface area contributed by atoms with E-state index in [0.717, 1.165) is 19.4 Å². The lowest BCUT2D eigenvalue weighted by atomic mass is 10.2. The van der Waals surface area contributed by atoms with Gasteiger partial charge in [-0.2, -0.15) is 0 Å². The minimum atomic E-state index is -3.01. The molecule has 0 aliphatic heterocycles. The van der Waals surface area contributed by atoms with Gasteiger partial charge < -0.3 is 5.32 Å². The van der Waals surface area contributed by atoms with Crippen molar-refractivity contribution in [3.05, 3.63) is 0 Å². The van der Waals surface area contributed by atoms with Gasteiger partial charge in [0.25, 0.3) is 0 Å². The van der Waals surface area contributed by atoms with E-state index in [2.05, 4.69) is 23.9 Å². The normalized spacial score (nSPS) is 14.4. The van der Waals surface area contributed by atoms with E-state index in [4.69, 9.17) is 0 Å². The summed E-state index contributed by atoms with van der Waals surface area (Å²) in [7, 11) is -3.01. The maximum Gasteiger partial charge on any atom is 0.208 e. The van der Waals surface area contributed by atoms with E-state index in [1.807, 2.05) is 0 Å². The van der Waals surface area contributed by atoms with Gasteiger partial charge in [0.15, 0.2) is 0 Å². The van der Waals surface area contributed by atoms with Crippen molar-refractivity contribution in [1.82, 2.24) is 10.0 Å². The molecule has 0 bridgehead atoms. The molecular formula is C8H20N2O2S. The van der Waals surface area contributed by atoms with E-state index in [-0.39, 0.29) is 0 Å². The van der Waals surface area contributed by atoms with Crippen LogP contribution in [0.5, 0.6) is 0 Å². The van der Waals surface area contributed by atoms with E-state index in [9.17, 15) is 8.42 Å².